The van der Waals surface area contributed by atoms with Crippen LogP contribution in [-0.4, -0.2) is 70.2 Å². The molecule has 11 nitrogen and oxygen atoms in total. The van der Waals surface area contributed by atoms with E-state index in [1.54, 1.807) is 5.38 Å². The molecule has 2 N–H and O–H groups in total. The lowest BCUT2D eigenvalue weighted by atomic mass is 10.0. The number of amides is 2. The van der Waals surface area contributed by atoms with Gasteiger partial charge < -0.3 is 20.1 Å². The van der Waals surface area contributed by atoms with Crippen LogP contribution in [0.2, 0.25) is 0 Å². The van der Waals surface area contributed by atoms with Gasteiger partial charge in [0.1, 0.15) is 12.3 Å². The van der Waals surface area contributed by atoms with Crippen LogP contribution in [0, 0.1) is 10.1 Å². The second-order valence-electron chi connectivity index (χ2n) is 7.71. The summed E-state index contributed by atoms with van der Waals surface area (Å²) in [6, 6.07) is 5.38. The lowest BCUT2D eigenvalue weighted by molar-refractivity contribution is -0.384. The summed E-state index contributed by atoms with van der Waals surface area (Å²) in [7, 11) is 0. The molecule has 0 radical (unpaired) electrons. The van der Waals surface area contributed by atoms with Gasteiger partial charge in [0.2, 0.25) is 0 Å². The molecule has 1 aromatic carbocycles. The molecule has 0 bridgehead atoms. The quantitative estimate of drug-likeness (QED) is 0.487. The average molecular weight is 462 g/mol. The highest BCUT2D eigenvalue weighted by molar-refractivity contribution is 7.14. The number of nitro groups is 1. The van der Waals surface area contributed by atoms with E-state index in [2.05, 4.69) is 10.3 Å². The summed E-state index contributed by atoms with van der Waals surface area (Å²) >= 11 is 1.29. The van der Waals surface area contributed by atoms with Gasteiger partial charge in [0.15, 0.2) is 5.13 Å². The number of anilines is 1. The van der Waals surface area contributed by atoms with Gasteiger partial charge in [-0.05, 0) is 43.6 Å². The Kier molecular flexibility index (Phi) is 6.63. The van der Waals surface area contributed by atoms with Crippen LogP contribution in [-0.2, 0) is 11.3 Å². The molecule has 0 saturated carbocycles. The van der Waals surface area contributed by atoms with Crippen LogP contribution in [0.15, 0.2) is 29.6 Å². The molecule has 12 heteroatoms. The molecule has 0 atom stereocenters. The third kappa shape index (κ3) is 4.87. The minimum Gasteiger partial charge on any atom is -0.444 e. The number of ether oxygens (including phenoxy) is 1. The lowest BCUT2D eigenvalue weighted by Gasteiger charge is -2.35. The number of carbonyl (C=O) groups excluding carboxylic acids is 2. The summed E-state index contributed by atoms with van der Waals surface area (Å²) < 4.78 is 5.40. The summed E-state index contributed by atoms with van der Waals surface area (Å²) in [5.74, 6) is -0.519. The number of nitro benzene ring substituents is 1. The maximum absolute atomic E-state index is 13.2. The molecule has 0 unspecified atom stereocenters. The minimum absolute atomic E-state index is 0.0550. The highest BCUT2D eigenvalue weighted by Crippen LogP contribution is 2.27. The largest absolute Gasteiger partial charge is 0.444 e. The molecule has 170 valence electrons. The van der Waals surface area contributed by atoms with Crippen molar-refractivity contribution in [3.05, 3.63) is 51.0 Å². The second kappa shape index (κ2) is 9.59. The Morgan fingerprint density at radius 1 is 1.28 bits per heavy atom. The van der Waals surface area contributed by atoms with Gasteiger partial charge in [0, 0.05) is 36.6 Å². The number of rotatable bonds is 6. The third-order valence-corrected chi connectivity index (χ3v) is 6.34. The van der Waals surface area contributed by atoms with Crippen molar-refractivity contribution in [1.29, 1.82) is 0 Å². The smallest absolute Gasteiger partial charge is 0.417 e. The Bertz CT molecular complexity index is 985. The number of non-ortho nitro benzene ring substituents is 1. The standard InChI is InChI=1S/C20H23N5O6S/c26-16-9-23(10-16)19-22-17(12-32-19)18(27)24(14-5-7-21-8-6-14)20(28)31-11-13-1-3-15(4-2-13)25(29)30/h1-4,12,14,16,21,26H,5-11H2. The van der Waals surface area contributed by atoms with E-state index in [1.807, 2.05) is 4.90 Å². The number of aromatic nitrogens is 1. The molecule has 2 aromatic rings. The van der Waals surface area contributed by atoms with Crippen molar-refractivity contribution in [2.24, 2.45) is 0 Å². The number of aliphatic hydroxyl groups excluding tert-OH is 1. The van der Waals surface area contributed by atoms with Crippen LogP contribution >= 0.6 is 11.3 Å². The zero-order chi connectivity index (χ0) is 22.7. The van der Waals surface area contributed by atoms with Crippen LogP contribution in [0.3, 0.4) is 0 Å². The second-order valence-corrected chi connectivity index (χ2v) is 8.55. The number of β-amino-alcohol motifs (C(OH)–C–C–N with tert-alkyl or cyclic N) is 1. The fraction of sp³-hybridized carbons (Fsp3) is 0.450. The molecule has 0 aliphatic carbocycles. The topological polar surface area (TPSA) is 138 Å². The number of carbonyl (C=O) groups is 2. The van der Waals surface area contributed by atoms with E-state index < -0.39 is 23.0 Å². The van der Waals surface area contributed by atoms with Crippen molar-refractivity contribution in [2.75, 3.05) is 31.1 Å². The molecule has 0 spiro atoms. The van der Waals surface area contributed by atoms with Gasteiger partial charge in [-0.25, -0.2) is 14.7 Å². The fourth-order valence-corrected chi connectivity index (χ4v) is 4.45. The first kappa shape index (κ1) is 22.1. The molecular formula is C20H23N5O6S. The highest BCUT2D eigenvalue weighted by Gasteiger charge is 2.35. The molecule has 2 aliphatic rings. The Hall–Kier alpha value is -3.09. The van der Waals surface area contributed by atoms with E-state index >= 15 is 0 Å². The van der Waals surface area contributed by atoms with Crippen LogP contribution in [0.25, 0.3) is 0 Å². The van der Waals surface area contributed by atoms with E-state index in [9.17, 15) is 24.8 Å². The number of imide groups is 1. The summed E-state index contributed by atoms with van der Waals surface area (Å²) in [4.78, 5) is 43.8. The zero-order valence-electron chi connectivity index (χ0n) is 17.2. The van der Waals surface area contributed by atoms with E-state index in [1.165, 1.54) is 35.6 Å². The van der Waals surface area contributed by atoms with Crippen molar-refractivity contribution in [3.63, 3.8) is 0 Å². The maximum Gasteiger partial charge on any atom is 0.417 e. The molecule has 2 amide bonds. The van der Waals surface area contributed by atoms with Crippen LogP contribution < -0.4 is 10.2 Å². The summed E-state index contributed by atoms with van der Waals surface area (Å²) in [6.07, 6.45) is 0.0503. The SMILES string of the molecule is O=C(OCc1ccc([N+](=O)[O-])cc1)N(C(=O)c1csc(N2CC(O)C2)n1)C1CCNCC1. The third-order valence-electron chi connectivity index (χ3n) is 5.44. The zero-order valence-corrected chi connectivity index (χ0v) is 18.0. The van der Waals surface area contributed by atoms with Gasteiger partial charge >= 0.3 is 6.09 Å². The summed E-state index contributed by atoms with van der Waals surface area (Å²) in [5, 5.41) is 25.7. The highest BCUT2D eigenvalue weighted by atomic mass is 32.1. The van der Waals surface area contributed by atoms with Crippen molar-refractivity contribution < 1.29 is 24.4 Å². The number of hydrogen-bond acceptors (Lipinski definition) is 10. The van der Waals surface area contributed by atoms with E-state index in [4.69, 9.17) is 4.74 Å². The van der Waals surface area contributed by atoms with E-state index in [0.717, 1.165) is 4.90 Å². The van der Waals surface area contributed by atoms with Gasteiger partial charge in [-0.3, -0.25) is 14.9 Å². The summed E-state index contributed by atoms with van der Waals surface area (Å²) in [5.41, 5.74) is 0.687. The van der Waals surface area contributed by atoms with Crippen molar-refractivity contribution in [3.8, 4) is 0 Å². The normalized spacial score (nSPS) is 17.0. The number of nitrogens with one attached hydrogen (secondary N) is 1. The molecule has 4 rings (SSSR count). The predicted octanol–water partition coefficient (Wildman–Crippen LogP) is 1.76. The monoisotopic (exact) mass is 461 g/mol. The number of thiazole rings is 1. The number of piperidine rings is 1. The van der Waals surface area contributed by atoms with Gasteiger partial charge in [0.25, 0.3) is 11.6 Å². The summed E-state index contributed by atoms with van der Waals surface area (Å²) in [6.45, 7) is 2.18. The molecule has 2 fully saturated rings. The van der Waals surface area contributed by atoms with Crippen LogP contribution in [0.4, 0.5) is 15.6 Å². The maximum atomic E-state index is 13.2. The van der Waals surface area contributed by atoms with E-state index in [0.29, 0.717) is 49.7 Å². The van der Waals surface area contributed by atoms with Gasteiger partial charge in [0.05, 0.1) is 11.0 Å². The fourth-order valence-electron chi connectivity index (χ4n) is 3.63. The van der Waals surface area contributed by atoms with Gasteiger partial charge in [-0.2, -0.15) is 0 Å². The first-order valence-electron chi connectivity index (χ1n) is 10.3. The van der Waals surface area contributed by atoms with E-state index in [-0.39, 0.29) is 24.0 Å². The molecule has 32 heavy (non-hydrogen) atoms. The minimum atomic E-state index is -0.769. The first-order valence-corrected chi connectivity index (χ1v) is 11.1. The molecular weight excluding hydrogens is 438 g/mol. The first-order chi connectivity index (χ1) is 15.4. The number of nitrogens with zero attached hydrogens (tertiary/aromatic N) is 4. The number of aliphatic hydroxyl groups is 1. The average Bonchev–Trinajstić information content (AvgIpc) is 3.26. The Balaban J connectivity index is 1.46. The van der Waals surface area contributed by atoms with Crippen LogP contribution in [0.5, 0.6) is 0 Å². The van der Waals surface area contributed by atoms with Crippen molar-refractivity contribution in [2.45, 2.75) is 31.6 Å². The number of benzene rings is 1. The Morgan fingerprint density at radius 3 is 2.59 bits per heavy atom. The predicted molar refractivity (Wildman–Crippen MR) is 116 cm³/mol. The van der Waals surface area contributed by atoms with Gasteiger partial charge in [-0.1, -0.05) is 0 Å². The Morgan fingerprint density at radius 2 is 1.97 bits per heavy atom. The molecule has 2 saturated heterocycles. The Labute approximate surface area is 187 Å². The molecule has 1 aromatic heterocycles. The van der Waals surface area contributed by atoms with Crippen molar-refractivity contribution >= 4 is 34.2 Å². The number of hydrogen-bond donors (Lipinski definition) is 2. The molecule has 2 aliphatic heterocycles. The lowest BCUT2D eigenvalue weighted by Crippen LogP contribution is -2.51. The van der Waals surface area contributed by atoms with Crippen molar-refractivity contribution in [1.82, 2.24) is 15.2 Å². The molecule has 3 heterocycles. The van der Waals surface area contributed by atoms with Crippen LogP contribution in [0.1, 0.15) is 28.9 Å². The van der Waals surface area contributed by atoms with Gasteiger partial charge in [-0.15, -0.1) is 11.3 Å².